The van der Waals surface area contributed by atoms with Crippen LogP contribution in [0.2, 0.25) is 0 Å². The summed E-state index contributed by atoms with van der Waals surface area (Å²) in [5.41, 5.74) is 1.99. The summed E-state index contributed by atoms with van der Waals surface area (Å²) in [5, 5.41) is 0. The van der Waals surface area contributed by atoms with Gasteiger partial charge >= 0.3 is 0 Å². The molecule has 1 aliphatic rings. The third kappa shape index (κ3) is 2.28. The van der Waals surface area contributed by atoms with Crippen LogP contribution in [0.4, 0.5) is 0 Å². The van der Waals surface area contributed by atoms with Gasteiger partial charge in [0.2, 0.25) is 0 Å². The highest BCUT2D eigenvalue weighted by molar-refractivity contribution is 6.02. The molecule has 0 N–H and O–H groups in total. The van der Waals surface area contributed by atoms with Gasteiger partial charge < -0.3 is 0 Å². The number of carbonyl (C=O) groups is 1. The third-order valence-electron chi connectivity index (χ3n) is 2.90. The lowest BCUT2D eigenvalue weighted by Crippen LogP contribution is -2.30. The van der Waals surface area contributed by atoms with Crippen LogP contribution in [0.5, 0.6) is 0 Å². The van der Waals surface area contributed by atoms with Crippen molar-refractivity contribution in [3.8, 4) is 0 Å². The number of fused-ring (bicyclic) bond motifs is 1. The van der Waals surface area contributed by atoms with E-state index in [-0.39, 0.29) is 5.41 Å². The lowest BCUT2D eigenvalue weighted by Gasteiger charge is -2.29. The number of hydrogen-bond donors (Lipinski definition) is 0. The van der Waals surface area contributed by atoms with Gasteiger partial charge in [0, 0.05) is 11.0 Å². The van der Waals surface area contributed by atoms with Gasteiger partial charge in [-0.2, -0.15) is 0 Å². The Morgan fingerprint density at radius 3 is 2.40 bits per heavy atom. The molecule has 1 aromatic carbocycles. The molecule has 0 amide bonds. The molecule has 0 unspecified atom stereocenters. The van der Waals surface area contributed by atoms with Crippen molar-refractivity contribution in [1.82, 2.24) is 0 Å². The second-order valence-electron chi connectivity index (χ2n) is 4.37. The Hall–Kier alpha value is -1.11. The fraction of sp³-hybridized carbons (Fsp3) is 0.500. The fourth-order valence-electron chi connectivity index (χ4n) is 1.89. The Kier molecular flexibility index (Phi) is 3.67. The molecule has 0 saturated carbocycles. The van der Waals surface area contributed by atoms with E-state index < -0.39 is 0 Å². The zero-order valence-corrected chi connectivity index (χ0v) is 10.1. The first-order valence-corrected chi connectivity index (χ1v) is 5.74. The predicted molar refractivity (Wildman–Crippen MR) is 64.2 cm³/mol. The summed E-state index contributed by atoms with van der Waals surface area (Å²) < 4.78 is 0. The lowest BCUT2D eigenvalue weighted by molar-refractivity contribution is 0.0811. The molecule has 0 radical (unpaired) electrons. The van der Waals surface area contributed by atoms with Gasteiger partial charge in [-0.05, 0) is 18.4 Å². The van der Waals surface area contributed by atoms with Crippen LogP contribution in [0.25, 0.3) is 0 Å². The standard InChI is InChI=1S/C12H14O.C2H6/c1-12(2)8-7-9-5-3-4-6-10(9)11(12)13;1-2/h3-6H,7-8H2,1-2H3;1-2H3. The van der Waals surface area contributed by atoms with Crippen LogP contribution in [0, 0.1) is 5.41 Å². The number of hydrogen-bond acceptors (Lipinski definition) is 1. The molecular weight excluding hydrogens is 184 g/mol. The largest absolute Gasteiger partial charge is 0.294 e. The molecule has 0 heterocycles. The molecule has 15 heavy (non-hydrogen) atoms. The van der Waals surface area contributed by atoms with Crippen LogP contribution in [-0.4, -0.2) is 5.78 Å². The maximum atomic E-state index is 11.9. The fourth-order valence-corrected chi connectivity index (χ4v) is 1.89. The van der Waals surface area contributed by atoms with Crippen LogP contribution in [0.15, 0.2) is 24.3 Å². The van der Waals surface area contributed by atoms with Crippen LogP contribution in [-0.2, 0) is 6.42 Å². The molecule has 1 nitrogen and oxygen atoms in total. The first-order valence-electron chi connectivity index (χ1n) is 5.74. The normalized spacial score (nSPS) is 17.5. The molecule has 0 bridgehead atoms. The van der Waals surface area contributed by atoms with Crippen LogP contribution in [0.3, 0.4) is 0 Å². The first-order chi connectivity index (χ1) is 7.11. The van der Waals surface area contributed by atoms with E-state index in [0.29, 0.717) is 5.78 Å². The highest BCUT2D eigenvalue weighted by atomic mass is 16.1. The maximum Gasteiger partial charge on any atom is 0.168 e. The van der Waals surface area contributed by atoms with E-state index in [1.165, 1.54) is 5.56 Å². The molecule has 0 aliphatic heterocycles. The minimum atomic E-state index is -0.158. The summed E-state index contributed by atoms with van der Waals surface area (Å²) in [6.07, 6.45) is 2.01. The van der Waals surface area contributed by atoms with E-state index in [1.54, 1.807) is 0 Å². The van der Waals surface area contributed by atoms with Gasteiger partial charge in [0.05, 0.1) is 0 Å². The molecule has 0 aromatic heterocycles. The first kappa shape index (κ1) is 12.0. The van der Waals surface area contributed by atoms with E-state index >= 15 is 0 Å². The Morgan fingerprint density at radius 2 is 1.73 bits per heavy atom. The summed E-state index contributed by atoms with van der Waals surface area (Å²) in [6, 6.07) is 7.95. The lowest BCUT2D eigenvalue weighted by atomic mass is 9.73. The van der Waals surface area contributed by atoms with Crippen molar-refractivity contribution >= 4 is 5.78 Å². The van der Waals surface area contributed by atoms with Crippen molar-refractivity contribution in [3.63, 3.8) is 0 Å². The Balaban J connectivity index is 0.000000531. The average Bonchev–Trinajstić information content (AvgIpc) is 2.27. The Bertz CT molecular complexity index is 350. The summed E-state index contributed by atoms with van der Waals surface area (Å²) in [7, 11) is 0. The topological polar surface area (TPSA) is 17.1 Å². The van der Waals surface area contributed by atoms with Crippen molar-refractivity contribution in [2.45, 2.75) is 40.5 Å². The van der Waals surface area contributed by atoms with Crippen molar-refractivity contribution in [1.29, 1.82) is 0 Å². The molecule has 0 fully saturated rings. The highest BCUT2D eigenvalue weighted by Crippen LogP contribution is 2.34. The molecule has 82 valence electrons. The van der Waals surface area contributed by atoms with Gasteiger partial charge in [-0.15, -0.1) is 0 Å². The molecule has 1 aromatic rings. The average molecular weight is 204 g/mol. The van der Waals surface area contributed by atoms with Crippen molar-refractivity contribution in [2.24, 2.45) is 5.41 Å². The monoisotopic (exact) mass is 204 g/mol. The molecule has 0 saturated heterocycles. The summed E-state index contributed by atoms with van der Waals surface area (Å²) in [4.78, 5) is 11.9. The summed E-state index contributed by atoms with van der Waals surface area (Å²) >= 11 is 0. The Morgan fingerprint density at radius 1 is 1.13 bits per heavy atom. The number of aryl methyl sites for hydroxylation is 1. The minimum Gasteiger partial charge on any atom is -0.294 e. The summed E-state index contributed by atoms with van der Waals surface area (Å²) in [5.74, 6) is 0.300. The van der Waals surface area contributed by atoms with Gasteiger partial charge in [-0.1, -0.05) is 52.0 Å². The minimum absolute atomic E-state index is 0.158. The van der Waals surface area contributed by atoms with E-state index in [2.05, 4.69) is 6.07 Å². The molecule has 2 rings (SSSR count). The van der Waals surface area contributed by atoms with Crippen molar-refractivity contribution < 1.29 is 4.79 Å². The number of benzene rings is 1. The van der Waals surface area contributed by atoms with Gasteiger partial charge in [-0.3, -0.25) is 4.79 Å². The molecule has 0 atom stereocenters. The van der Waals surface area contributed by atoms with Gasteiger partial charge in [-0.25, -0.2) is 0 Å². The van der Waals surface area contributed by atoms with E-state index in [0.717, 1.165) is 18.4 Å². The number of rotatable bonds is 0. The molecule has 0 spiro atoms. The van der Waals surface area contributed by atoms with Crippen molar-refractivity contribution in [3.05, 3.63) is 35.4 Å². The molecular formula is C14H20O. The SMILES string of the molecule is CC.CC1(C)CCc2ccccc2C1=O. The number of Topliss-reactive ketones (excluding diaryl/α,β-unsaturated/α-hetero) is 1. The quantitative estimate of drug-likeness (QED) is 0.627. The second kappa shape index (κ2) is 4.61. The van der Waals surface area contributed by atoms with E-state index in [9.17, 15) is 4.79 Å². The predicted octanol–water partition coefficient (Wildman–Crippen LogP) is 3.87. The maximum absolute atomic E-state index is 11.9. The third-order valence-corrected chi connectivity index (χ3v) is 2.90. The van der Waals surface area contributed by atoms with Gasteiger partial charge in [0.25, 0.3) is 0 Å². The van der Waals surface area contributed by atoms with Gasteiger partial charge in [0.1, 0.15) is 0 Å². The number of ketones is 1. The summed E-state index contributed by atoms with van der Waals surface area (Å²) in [6.45, 7) is 8.07. The second-order valence-corrected chi connectivity index (χ2v) is 4.37. The molecule has 1 aliphatic carbocycles. The van der Waals surface area contributed by atoms with Gasteiger partial charge in [0.15, 0.2) is 5.78 Å². The van der Waals surface area contributed by atoms with E-state index in [4.69, 9.17) is 0 Å². The Labute approximate surface area is 92.5 Å². The molecule has 1 heteroatoms. The van der Waals surface area contributed by atoms with Crippen molar-refractivity contribution in [2.75, 3.05) is 0 Å². The number of carbonyl (C=O) groups excluding carboxylic acids is 1. The highest BCUT2D eigenvalue weighted by Gasteiger charge is 2.33. The smallest absolute Gasteiger partial charge is 0.168 e. The van der Waals surface area contributed by atoms with Crippen LogP contribution in [0.1, 0.15) is 50.0 Å². The zero-order valence-electron chi connectivity index (χ0n) is 10.1. The van der Waals surface area contributed by atoms with Crippen LogP contribution < -0.4 is 0 Å². The zero-order chi connectivity index (χ0) is 11.5. The van der Waals surface area contributed by atoms with Crippen LogP contribution >= 0.6 is 0 Å². The van der Waals surface area contributed by atoms with E-state index in [1.807, 2.05) is 45.9 Å².